The second kappa shape index (κ2) is 7.11. The SMILES string of the molecule is CCCNC(c1ccc(C)cc1)c1cccc(OC)c1. The molecule has 0 heterocycles. The van der Waals surface area contributed by atoms with Gasteiger partial charge in [-0.2, -0.15) is 0 Å². The average Bonchev–Trinajstić information content (AvgIpc) is 2.49. The number of nitrogens with one attached hydrogen (secondary N) is 1. The lowest BCUT2D eigenvalue weighted by molar-refractivity contribution is 0.413. The van der Waals surface area contributed by atoms with Crippen LogP contribution in [-0.2, 0) is 0 Å². The van der Waals surface area contributed by atoms with E-state index in [1.165, 1.54) is 16.7 Å². The molecule has 2 aromatic carbocycles. The van der Waals surface area contributed by atoms with Crippen molar-refractivity contribution >= 4 is 0 Å². The normalized spacial score (nSPS) is 12.2. The monoisotopic (exact) mass is 269 g/mol. The number of aryl methyl sites for hydroxylation is 1. The van der Waals surface area contributed by atoms with Crippen LogP contribution in [0.25, 0.3) is 0 Å². The summed E-state index contributed by atoms with van der Waals surface area (Å²) < 4.78 is 5.34. The summed E-state index contributed by atoms with van der Waals surface area (Å²) in [5.74, 6) is 0.901. The van der Waals surface area contributed by atoms with Crippen LogP contribution in [0.15, 0.2) is 48.5 Å². The van der Waals surface area contributed by atoms with Gasteiger partial charge in [-0.25, -0.2) is 0 Å². The predicted octanol–water partition coefficient (Wildman–Crippen LogP) is 4.09. The first-order valence-corrected chi connectivity index (χ1v) is 7.18. The quantitative estimate of drug-likeness (QED) is 0.852. The molecule has 1 N–H and O–H groups in total. The molecule has 0 spiro atoms. The Morgan fingerprint density at radius 2 is 1.80 bits per heavy atom. The maximum Gasteiger partial charge on any atom is 0.119 e. The summed E-state index contributed by atoms with van der Waals surface area (Å²) >= 11 is 0. The van der Waals surface area contributed by atoms with E-state index in [1.54, 1.807) is 7.11 Å². The molecular formula is C18H23NO. The second-order valence-corrected chi connectivity index (χ2v) is 5.07. The van der Waals surface area contributed by atoms with Crippen LogP contribution in [-0.4, -0.2) is 13.7 Å². The van der Waals surface area contributed by atoms with Crippen LogP contribution < -0.4 is 10.1 Å². The molecule has 0 bridgehead atoms. The highest BCUT2D eigenvalue weighted by atomic mass is 16.5. The first kappa shape index (κ1) is 14.6. The first-order chi connectivity index (χ1) is 9.74. The molecule has 2 nitrogen and oxygen atoms in total. The van der Waals surface area contributed by atoms with Crippen LogP contribution >= 0.6 is 0 Å². The Morgan fingerprint density at radius 1 is 1.05 bits per heavy atom. The summed E-state index contributed by atoms with van der Waals surface area (Å²) in [6.45, 7) is 5.30. The Hall–Kier alpha value is -1.80. The van der Waals surface area contributed by atoms with Gasteiger partial charge in [0.1, 0.15) is 5.75 Å². The molecule has 1 atom stereocenters. The van der Waals surface area contributed by atoms with Gasteiger partial charge in [0.05, 0.1) is 13.2 Å². The van der Waals surface area contributed by atoms with Gasteiger partial charge < -0.3 is 10.1 Å². The zero-order valence-electron chi connectivity index (χ0n) is 12.5. The molecule has 106 valence electrons. The van der Waals surface area contributed by atoms with Crippen molar-refractivity contribution in [2.75, 3.05) is 13.7 Å². The minimum Gasteiger partial charge on any atom is -0.497 e. The number of hydrogen-bond donors (Lipinski definition) is 1. The molecule has 0 aromatic heterocycles. The molecular weight excluding hydrogens is 246 g/mol. The van der Waals surface area contributed by atoms with Gasteiger partial charge in [-0.1, -0.05) is 48.9 Å². The Labute approximate surface area is 121 Å². The summed E-state index contributed by atoms with van der Waals surface area (Å²) in [7, 11) is 1.71. The van der Waals surface area contributed by atoms with Crippen molar-refractivity contribution in [1.29, 1.82) is 0 Å². The van der Waals surface area contributed by atoms with Crippen molar-refractivity contribution in [3.63, 3.8) is 0 Å². The number of hydrogen-bond acceptors (Lipinski definition) is 2. The van der Waals surface area contributed by atoms with E-state index in [0.717, 1.165) is 18.7 Å². The Bertz CT molecular complexity index is 533. The van der Waals surface area contributed by atoms with E-state index in [4.69, 9.17) is 4.74 Å². The van der Waals surface area contributed by atoms with E-state index in [9.17, 15) is 0 Å². The minimum absolute atomic E-state index is 0.214. The van der Waals surface area contributed by atoms with Gasteiger partial charge in [0.25, 0.3) is 0 Å². The van der Waals surface area contributed by atoms with Crippen LogP contribution in [0, 0.1) is 6.92 Å². The van der Waals surface area contributed by atoms with E-state index < -0.39 is 0 Å². The van der Waals surface area contributed by atoms with Gasteiger partial charge in [0, 0.05) is 0 Å². The third-order valence-corrected chi connectivity index (χ3v) is 3.44. The minimum atomic E-state index is 0.214. The van der Waals surface area contributed by atoms with E-state index in [2.05, 4.69) is 55.6 Å². The van der Waals surface area contributed by atoms with Gasteiger partial charge >= 0.3 is 0 Å². The van der Waals surface area contributed by atoms with E-state index in [-0.39, 0.29) is 6.04 Å². The smallest absolute Gasteiger partial charge is 0.119 e. The van der Waals surface area contributed by atoms with Crippen molar-refractivity contribution in [3.05, 3.63) is 65.2 Å². The summed E-state index contributed by atoms with van der Waals surface area (Å²) in [6, 6.07) is 17.2. The van der Waals surface area contributed by atoms with E-state index in [0.29, 0.717) is 0 Å². The number of ether oxygens (including phenoxy) is 1. The molecule has 0 aliphatic rings. The Kier molecular flexibility index (Phi) is 5.19. The van der Waals surface area contributed by atoms with Crippen molar-refractivity contribution in [1.82, 2.24) is 5.32 Å². The summed E-state index contributed by atoms with van der Waals surface area (Å²) in [4.78, 5) is 0. The van der Waals surface area contributed by atoms with Crippen LogP contribution in [0.3, 0.4) is 0 Å². The van der Waals surface area contributed by atoms with Crippen molar-refractivity contribution in [2.24, 2.45) is 0 Å². The molecule has 2 heteroatoms. The molecule has 0 aliphatic carbocycles. The molecule has 0 fully saturated rings. The fourth-order valence-corrected chi connectivity index (χ4v) is 2.30. The molecule has 0 saturated carbocycles. The Balaban J connectivity index is 2.32. The highest BCUT2D eigenvalue weighted by Gasteiger charge is 2.13. The summed E-state index contributed by atoms with van der Waals surface area (Å²) in [6.07, 6.45) is 1.12. The maximum absolute atomic E-state index is 5.34. The standard InChI is InChI=1S/C18H23NO/c1-4-12-19-18(15-10-8-14(2)9-11-15)16-6-5-7-17(13-16)20-3/h5-11,13,18-19H,4,12H2,1-3H3. The summed E-state index contributed by atoms with van der Waals surface area (Å²) in [5, 5.41) is 3.62. The molecule has 0 aliphatic heterocycles. The van der Waals surface area contributed by atoms with Gasteiger partial charge in [-0.05, 0) is 43.1 Å². The first-order valence-electron chi connectivity index (χ1n) is 7.18. The van der Waals surface area contributed by atoms with Crippen molar-refractivity contribution in [2.45, 2.75) is 26.3 Å². The molecule has 2 rings (SSSR count). The van der Waals surface area contributed by atoms with E-state index in [1.807, 2.05) is 12.1 Å². The highest BCUT2D eigenvalue weighted by Crippen LogP contribution is 2.25. The lowest BCUT2D eigenvalue weighted by Crippen LogP contribution is -2.23. The van der Waals surface area contributed by atoms with Gasteiger partial charge in [-0.15, -0.1) is 0 Å². The number of methoxy groups -OCH3 is 1. The highest BCUT2D eigenvalue weighted by molar-refractivity contribution is 5.37. The van der Waals surface area contributed by atoms with E-state index >= 15 is 0 Å². The number of benzene rings is 2. The van der Waals surface area contributed by atoms with Crippen LogP contribution in [0.4, 0.5) is 0 Å². The van der Waals surface area contributed by atoms with Crippen LogP contribution in [0.5, 0.6) is 5.75 Å². The molecule has 0 radical (unpaired) electrons. The average molecular weight is 269 g/mol. The van der Waals surface area contributed by atoms with Crippen molar-refractivity contribution < 1.29 is 4.74 Å². The topological polar surface area (TPSA) is 21.3 Å². The van der Waals surface area contributed by atoms with Gasteiger partial charge in [-0.3, -0.25) is 0 Å². The van der Waals surface area contributed by atoms with Crippen LogP contribution in [0.2, 0.25) is 0 Å². The lowest BCUT2D eigenvalue weighted by atomic mass is 9.97. The lowest BCUT2D eigenvalue weighted by Gasteiger charge is -2.20. The summed E-state index contributed by atoms with van der Waals surface area (Å²) in [5.41, 5.74) is 3.81. The van der Waals surface area contributed by atoms with Gasteiger partial charge in [0.2, 0.25) is 0 Å². The molecule has 1 unspecified atom stereocenters. The molecule has 2 aromatic rings. The number of rotatable bonds is 6. The fourth-order valence-electron chi connectivity index (χ4n) is 2.30. The van der Waals surface area contributed by atoms with Gasteiger partial charge in [0.15, 0.2) is 0 Å². The maximum atomic E-state index is 5.34. The third-order valence-electron chi connectivity index (χ3n) is 3.44. The molecule has 0 saturated heterocycles. The fraction of sp³-hybridized carbons (Fsp3) is 0.333. The van der Waals surface area contributed by atoms with Crippen molar-refractivity contribution in [3.8, 4) is 5.75 Å². The predicted molar refractivity (Wildman–Crippen MR) is 84.3 cm³/mol. The zero-order chi connectivity index (χ0) is 14.4. The Morgan fingerprint density at radius 3 is 2.45 bits per heavy atom. The van der Waals surface area contributed by atoms with Crippen LogP contribution in [0.1, 0.15) is 36.1 Å². The second-order valence-electron chi connectivity index (χ2n) is 5.07. The molecule has 20 heavy (non-hydrogen) atoms. The molecule has 0 amide bonds. The third kappa shape index (κ3) is 3.61. The zero-order valence-corrected chi connectivity index (χ0v) is 12.5. The largest absolute Gasteiger partial charge is 0.497 e.